The molecule has 0 saturated carbocycles. The van der Waals surface area contributed by atoms with Gasteiger partial charge in [0.2, 0.25) is 0 Å². The van der Waals surface area contributed by atoms with Crippen LogP contribution in [-0.2, 0) is 6.54 Å². The minimum atomic E-state index is 0.729. The fourth-order valence-corrected chi connectivity index (χ4v) is 2.93. The second-order valence-corrected chi connectivity index (χ2v) is 5.83. The van der Waals surface area contributed by atoms with E-state index in [1.807, 2.05) is 12.1 Å². The van der Waals surface area contributed by atoms with Crippen LogP contribution in [0.2, 0.25) is 0 Å². The molecule has 7 heteroatoms. The minimum absolute atomic E-state index is 0.729. The highest BCUT2D eigenvalue weighted by Crippen LogP contribution is 2.21. The Bertz CT molecular complexity index is 577. The van der Waals surface area contributed by atoms with Gasteiger partial charge in [0, 0.05) is 49.9 Å². The summed E-state index contributed by atoms with van der Waals surface area (Å²) in [6.07, 6.45) is 0. The average Bonchev–Trinajstić information content (AvgIpc) is 2.93. The van der Waals surface area contributed by atoms with Gasteiger partial charge in [0.05, 0.1) is 7.11 Å². The number of hydrogen-bond acceptors (Lipinski definition) is 7. The number of piperazine rings is 1. The number of nitrogen functional groups attached to an aromatic ring is 1. The van der Waals surface area contributed by atoms with Gasteiger partial charge in [-0.2, -0.15) is 0 Å². The maximum absolute atomic E-state index is 5.85. The van der Waals surface area contributed by atoms with Crippen molar-refractivity contribution >= 4 is 22.2 Å². The highest BCUT2D eigenvalue weighted by Gasteiger charge is 2.19. The summed E-state index contributed by atoms with van der Waals surface area (Å²) in [7, 11) is 1.69. The molecule has 1 aromatic heterocycles. The Morgan fingerprint density at radius 1 is 1.19 bits per heavy atom. The molecule has 1 saturated heterocycles. The van der Waals surface area contributed by atoms with Gasteiger partial charge in [-0.05, 0) is 24.3 Å². The molecule has 0 radical (unpaired) electrons. The Kier molecular flexibility index (Phi) is 4.21. The summed E-state index contributed by atoms with van der Waals surface area (Å²) in [6.45, 7) is 4.80. The van der Waals surface area contributed by atoms with Crippen LogP contribution in [-0.4, -0.2) is 47.8 Å². The molecule has 0 atom stereocenters. The first-order valence-corrected chi connectivity index (χ1v) is 7.71. The monoisotopic (exact) mass is 305 g/mol. The number of nitrogens with zero attached hydrogens (tertiary/aromatic N) is 4. The summed E-state index contributed by atoms with van der Waals surface area (Å²) in [5, 5.41) is 4.81. The molecule has 2 N–H and O–H groups in total. The minimum Gasteiger partial charge on any atom is -0.497 e. The lowest BCUT2D eigenvalue weighted by atomic mass is 10.2. The Balaban J connectivity index is 1.56. The molecule has 1 fully saturated rings. The van der Waals surface area contributed by atoms with Gasteiger partial charge in [-0.15, -0.1) is 5.10 Å². The van der Waals surface area contributed by atoms with Gasteiger partial charge in [0.1, 0.15) is 16.4 Å². The van der Waals surface area contributed by atoms with Crippen molar-refractivity contribution in [1.82, 2.24) is 14.5 Å². The molecule has 0 bridgehead atoms. The van der Waals surface area contributed by atoms with Gasteiger partial charge in [-0.3, -0.25) is 4.90 Å². The predicted octanol–water partition coefficient (Wildman–Crippen LogP) is 1.45. The Morgan fingerprint density at radius 3 is 2.48 bits per heavy atom. The average molecular weight is 305 g/mol. The molecule has 2 heterocycles. The molecule has 0 aliphatic carbocycles. The molecule has 1 aliphatic rings. The number of benzene rings is 1. The lowest BCUT2D eigenvalue weighted by molar-refractivity contribution is 0.247. The summed E-state index contributed by atoms with van der Waals surface area (Å²) in [5.74, 6) is 0.892. The number of anilines is 2. The van der Waals surface area contributed by atoms with E-state index in [0.29, 0.717) is 0 Å². The van der Waals surface area contributed by atoms with E-state index >= 15 is 0 Å². The third-order valence-corrected chi connectivity index (χ3v) is 4.36. The van der Waals surface area contributed by atoms with Crippen molar-refractivity contribution in [3.05, 3.63) is 30.0 Å². The van der Waals surface area contributed by atoms with Crippen molar-refractivity contribution in [3.8, 4) is 5.75 Å². The van der Waals surface area contributed by atoms with Gasteiger partial charge >= 0.3 is 0 Å². The van der Waals surface area contributed by atoms with Crippen LogP contribution >= 0.6 is 11.5 Å². The van der Waals surface area contributed by atoms with E-state index in [-0.39, 0.29) is 0 Å². The van der Waals surface area contributed by atoms with Crippen LogP contribution in [0, 0.1) is 0 Å². The van der Waals surface area contributed by atoms with E-state index in [1.54, 1.807) is 7.11 Å². The van der Waals surface area contributed by atoms with Crippen LogP contribution in [0.15, 0.2) is 24.3 Å². The zero-order valence-corrected chi connectivity index (χ0v) is 12.8. The van der Waals surface area contributed by atoms with Crippen molar-refractivity contribution in [2.24, 2.45) is 0 Å². The largest absolute Gasteiger partial charge is 0.497 e. The maximum atomic E-state index is 5.85. The fourth-order valence-electron chi connectivity index (χ4n) is 2.49. The van der Waals surface area contributed by atoms with Gasteiger partial charge in [-0.25, -0.2) is 0 Å². The number of ether oxygens (including phenoxy) is 1. The van der Waals surface area contributed by atoms with Crippen LogP contribution < -0.4 is 15.4 Å². The standard InChI is InChI=1S/C14H19N5OS/c1-20-12-4-2-11(3-5-12)19-8-6-18(7-9-19)10-13-14(15)21-17-16-13/h2-5H,6-10,15H2,1H3. The topological polar surface area (TPSA) is 67.5 Å². The van der Waals surface area contributed by atoms with E-state index in [9.17, 15) is 0 Å². The Hall–Kier alpha value is -1.86. The maximum Gasteiger partial charge on any atom is 0.132 e. The van der Waals surface area contributed by atoms with Crippen molar-refractivity contribution < 1.29 is 4.74 Å². The van der Waals surface area contributed by atoms with E-state index in [0.717, 1.165) is 49.2 Å². The third-order valence-electron chi connectivity index (χ3n) is 3.77. The van der Waals surface area contributed by atoms with Crippen LogP contribution in [0.3, 0.4) is 0 Å². The number of methoxy groups -OCH3 is 1. The fraction of sp³-hybridized carbons (Fsp3) is 0.429. The number of nitrogens with two attached hydrogens (primary N) is 1. The molecule has 0 spiro atoms. The molecule has 3 rings (SSSR count). The first kappa shape index (κ1) is 14.1. The van der Waals surface area contributed by atoms with E-state index < -0.39 is 0 Å². The summed E-state index contributed by atoms with van der Waals surface area (Å²) < 4.78 is 9.08. The first-order valence-electron chi connectivity index (χ1n) is 6.94. The third kappa shape index (κ3) is 3.25. The van der Waals surface area contributed by atoms with Crippen LogP contribution in [0.5, 0.6) is 5.75 Å². The smallest absolute Gasteiger partial charge is 0.132 e. The molecular weight excluding hydrogens is 286 g/mol. The lowest BCUT2D eigenvalue weighted by Crippen LogP contribution is -2.46. The van der Waals surface area contributed by atoms with E-state index in [1.165, 1.54) is 17.2 Å². The van der Waals surface area contributed by atoms with Gasteiger partial charge < -0.3 is 15.4 Å². The zero-order valence-electron chi connectivity index (χ0n) is 12.0. The summed E-state index contributed by atoms with van der Waals surface area (Å²) in [4.78, 5) is 4.76. The van der Waals surface area contributed by atoms with Crippen molar-refractivity contribution in [2.45, 2.75) is 6.54 Å². The predicted molar refractivity (Wildman–Crippen MR) is 84.8 cm³/mol. The number of aromatic nitrogens is 2. The van der Waals surface area contributed by atoms with E-state index in [2.05, 4.69) is 31.5 Å². The molecule has 1 aromatic carbocycles. The van der Waals surface area contributed by atoms with Gasteiger partial charge in [0.25, 0.3) is 0 Å². The Labute approximate surface area is 128 Å². The molecule has 2 aromatic rings. The van der Waals surface area contributed by atoms with Crippen LogP contribution in [0.4, 0.5) is 10.7 Å². The molecule has 112 valence electrons. The van der Waals surface area contributed by atoms with E-state index in [4.69, 9.17) is 10.5 Å². The summed E-state index contributed by atoms with van der Waals surface area (Å²) in [6, 6.07) is 8.22. The normalized spacial score (nSPS) is 16.1. The van der Waals surface area contributed by atoms with Crippen LogP contribution in [0.25, 0.3) is 0 Å². The number of rotatable bonds is 4. The van der Waals surface area contributed by atoms with Crippen LogP contribution in [0.1, 0.15) is 5.69 Å². The summed E-state index contributed by atoms with van der Waals surface area (Å²) >= 11 is 1.26. The molecule has 21 heavy (non-hydrogen) atoms. The van der Waals surface area contributed by atoms with Gasteiger partial charge in [-0.1, -0.05) is 4.49 Å². The Morgan fingerprint density at radius 2 is 1.90 bits per heavy atom. The molecule has 0 unspecified atom stereocenters. The highest BCUT2D eigenvalue weighted by molar-refractivity contribution is 7.09. The first-order chi connectivity index (χ1) is 10.3. The quantitative estimate of drug-likeness (QED) is 0.922. The SMILES string of the molecule is COc1ccc(N2CCN(Cc3nnsc3N)CC2)cc1. The van der Waals surface area contributed by atoms with Crippen molar-refractivity contribution in [1.29, 1.82) is 0 Å². The zero-order chi connectivity index (χ0) is 14.7. The molecule has 6 nitrogen and oxygen atoms in total. The molecular formula is C14H19N5OS. The lowest BCUT2D eigenvalue weighted by Gasteiger charge is -2.35. The summed E-state index contributed by atoms with van der Waals surface area (Å²) in [5.41, 5.74) is 7.99. The molecule has 1 aliphatic heterocycles. The highest BCUT2D eigenvalue weighted by atomic mass is 32.1. The second kappa shape index (κ2) is 6.28. The second-order valence-electron chi connectivity index (χ2n) is 5.05. The molecule has 0 amide bonds. The van der Waals surface area contributed by atoms with Crippen molar-refractivity contribution in [3.63, 3.8) is 0 Å². The number of hydrogen-bond donors (Lipinski definition) is 1. The van der Waals surface area contributed by atoms with Gasteiger partial charge in [0.15, 0.2) is 0 Å². The van der Waals surface area contributed by atoms with Crippen molar-refractivity contribution in [2.75, 3.05) is 43.9 Å².